The van der Waals surface area contributed by atoms with Gasteiger partial charge in [0.05, 0.1) is 31.4 Å². The van der Waals surface area contributed by atoms with Crippen LogP contribution in [-0.4, -0.2) is 30.3 Å². The van der Waals surface area contributed by atoms with Crippen molar-refractivity contribution in [3.63, 3.8) is 0 Å². The predicted octanol–water partition coefficient (Wildman–Crippen LogP) is 2.31. The average Bonchev–Trinajstić information content (AvgIpc) is 3.23. The first kappa shape index (κ1) is 18.4. The number of ether oxygens (including phenoxy) is 1. The molecule has 146 valence electrons. The van der Waals surface area contributed by atoms with E-state index >= 15 is 0 Å². The van der Waals surface area contributed by atoms with Crippen LogP contribution in [0.4, 0.5) is 0 Å². The van der Waals surface area contributed by atoms with E-state index in [0.717, 1.165) is 22.4 Å². The molecule has 0 saturated carbocycles. The monoisotopic (exact) mass is 382 g/mol. The van der Waals surface area contributed by atoms with Crippen molar-refractivity contribution in [1.82, 2.24) is 10.5 Å². The Labute approximate surface area is 161 Å². The zero-order valence-corrected chi connectivity index (χ0v) is 15.9. The van der Waals surface area contributed by atoms with Crippen LogP contribution in [0.5, 0.6) is 0 Å². The lowest BCUT2D eigenvalue weighted by Crippen LogP contribution is -2.41. The molecule has 0 unspecified atom stereocenters. The summed E-state index contributed by atoms with van der Waals surface area (Å²) in [7, 11) is 0. The van der Waals surface area contributed by atoms with E-state index in [4.69, 9.17) is 13.7 Å². The molecule has 1 aromatic carbocycles. The number of amides is 1. The van der Waals surface area contributed by atoms with Crippen LogP contribution in [0.3, 0.4) is 0 Å². The zero-order chi connectivity index (χ0) is 19.7. The molecule has 0 bridgehead atoms. The van der Waals surface area contributed by atoms with Gasteiger partial charge in [-0.25, -0.2) is 4.79 Å². The molecule has 0 radical (unpaired) electrons. The van der Waals surface area contributed by atoms with E-state index in [9.17, 15) is 9.59 Å². The molecule has 0 spiro atoms. The van der Waals surface area contributed by atoms with E-state index in [1.54, 1.807) is 6.07 Å². The normalized spacial score (nSPS) is 19.2. The summed E-state index contributed by atoms with van der Waals surface area (Å²) in [6.45, 7) is 4.82. The van der Waals surface area contributed by atoms with Crippen LogP contribution in [0.25, 0.3) is 11.0 Å². The van der Waals surface area contributed by atoms with Gasteiger partial charge in [-0.15, -0.1) is 0 Å². The molecule has 1 N–H and O–H groups in total. The fraction of sp³-hybridized carbons (Fsp3) is 0.381. The maximum absolute atomic E-state index is 12.7. The Hall–Kier alpha value is -2.93. The molecule has 1 amide bonds. The Morgan fingerprint density at radius 1 is 1.21 bits per heavy atom. The van der Waals surface area contributed by atoms with E-state index in [2.05, 4.69) is 10.5 Å². The smallest absolute Gasteiger partial charge is 0.336 e. The molecule has 7 heteroatoms. The molecule has 2 aromatic heterocycles. The average molecular weight is 382 g/mol. The lowest BCUT2D eigenvalue weighted by Gasteiger charge is -2.18. The number of benzene rings is 1. The number of hydrogen-bond acceptors (Lipinski definition) is 6. The van der Waals surface area contributed by atoms with Gasteiger partial charge in [-0.05, 0) is 31.0 Å². The molecule has 2 atom stereocenters. The number of nitrogens with one attached hydrogen (secondary N) is 1. The predicted molar refractivity (Wildman–Crippen MR) is 102 cm³/mol. The van der Waals surface area contributed by atoms with Crippen molar-refractivity contribution in [3.05, 3.63) is 63.3 Å². The summed E-state index contributed by atoms with van der Waals surface area (Å²) in [6.07, 6.45) is 0.763. The highest BCUT2D eigenvalue weighted by Gasteiger charge is 2.30. The minimum absolute atomic E-state index is 0.105. The van der Waals surface area contributed by atoms with Gasteiger partial charge < -0.3 is 19.0 Å². The first-order valence-electron chi connectivity index (χ1n) is 9.30. The van der Waals surface area contributed by atoms with Crippen LogP contribution in [-0.2, 0) is 22.4 Å². The topological polar surface area (TPSA) is 94.6 Å². The van der Waals surface area contributed by atoms with E-state index in [0.29, 0.717) is 30.8 Å². The van der Waals surface area contributed by atoms with Gasteiger partial charge in [0.25, 0.3) is 0 Å². The maximum atomic E-state index is 12.7. The summed E-state index contributed by atoms with van der Waals surface area (Å²) in [4.78, 5) is 24.5. The van der Waals surface area contributed by atoms with Gasteiger partial charge in [-0.3, -0.25) is 4.79 Å². The van der Waals surface area contributed by atoms with Crippen molar-refractivity contribution in [2.45, 2.75) is 32.7 Å². The molecule has 3 aromatic rings. The number of hydrogen-bond donors (Lipinski definition) is 1. The van der Waals surface area contributed by atoms with Crippen LogP contribution in [0, 0.1) is 19.8 Å². The van der Waals surface area contributed by atoms with Crippen LogP contribution in [0.15, 0.2) is 44.1 Å². The lowest BCUT2D eigenvalue weighted by molar-refractivity contribution is -0.121. The van der Waals surface area contributed by atoms with E-state index in [1.807, 2.05) is 32.0 Å². The Bertz CT molecular complexity index is 1070. The third kappa shape index (κ3) is 3.99. The second-order valence-electron chi connectivity index (χ2n) is 7.38. The van der Waals surface area contributed by atoms with E-state index in [-0.39, 0.29) is 24.3 Å². The van der Waals surface area contributed by atoms with Gasteiger partial charge in [-0.1, -0.05) is 17.3 Å². The van der Waals surface area contributed by atoms with Crippen molar-refractivity contribution >= 4 is 16.9 Å². The molecule has 4 rings (SSSR count). The highest BCUT2D eigenvalue weighted by Crippen LogP contribution is 2.21. The molecule has 28 heavy (non-hydrogen) atoms. The summed E-state index contributed by atoms with van der Waals surface area (Å²) in [6, 6.07) is 8.80. The first-order valence-corrected chi connectivity index (χ1v) is 9.30. The summed E-state index contributed by atoms with van der Waals surface area (Å²) in [5.74, 6) is 0.757. The van der Waals surface area contributed by atoms with Crippen LogP contribution >= 0.6 is 0 Å². The maximum Gasteiger partial charge on any atom is 0.336 e. The summed E-state index contributed by atoms with van der Waals surface area (Å²) in [5, 5.41) is 7.72. The SMILES string of the molecule is Cc1ccc2c(CC(=O)N[C@H]3COC[C@H]3Cc3cc(C)no3)cc(=O)oc2c1. The van der Waals surface area contributed by atoms with Crippen molar-refractivity contribution in [1.29, 1.82) is 0 Å². The number of fused-ring (bicyclic) bond motifs is 1. The molecule has 1 fully saturated rings. The molecule has 1 saturated heterocycles. The number of rotatable bonds is 5. The molecule has 3 heterocycles. The third-order valence-electron chi connectivity index (χ3n) is 5.02. The minimum atomic E-state index is -0.455. The fourth-order valence-corrected chi connectivity index (χ4v) is 3.64. The Balaban J connectivity index is 1.47. The highest BCUT2D eigenvalue weighted by atomic mass is 16.5. The van der Waals surface area contributed by atoms with Crippen molar-refractivity contribution < 1.29 is 18.5 Å². The zero-order valence-electron chi connectivity index (χ0n) is 15.9. The van der Waals surface area contributed by atoms with E-state index in [1.165, 1.54) is 6.07 Å². The van der Waals surface area contributed by atoms with Gasteiger partial charge in [0.2, 0.25) is 5.91 Å². The first-order chi connectivity index (χ1) is 13.5. The van der Waals surface area contributed by atoms with Crippen LogP contribution in [0.2, 0.25) is 0 Å². The van der Waals surface area contributed by atoms with Crippen LogP contribution < -0.4 is 10.9 Å². The number of aromatic nitrogens is 1. The lowest BCUT2D eigenvalue weighted by atomic mass is 9.97. The van der Waals surface area contributed by atoms with Crippen molar-refractivity contribution in [3.8, 4) is 0 Å². The molecule has 1 aliphatic heterocycles. The van der Waals surface area contributed by atoms with Gasteiger partial charge in [0, 0.05) is 29.9 Å². The summed E-state index contributed by atoms with van der Waals surface area (Å²) >= 11 is 0. The van der Waals surface area contributed by atoms with Gasteiger partial charge in [0.15, 0.2) is 0 Å². The van der Waals surface area contributed by atoms with Crippen LogP contribution in [0.1, 0.15) is 22.6 Å². The number of aryl methyl sites for hydroxylation is 2. The number of carbonyl (C=O) groups excluding carboxylic acids is 1. The van der Waals surface area contributed by atoms with Gasteiger partial charge in [-0.2, -0.15) is 0 Å². The third-order valence-corrected chi connectivity index (χ3v) is 5.02. The van der Waals surface area contributed by atoms with E-state index < -0.39 is 5.63 Å². The summed E-state index contributed by atoms with van der Waals surface area (Å²) in [5.41, 5.74) is 2.53. The highest BCUT2D eigenvalue weighted by molar-refractivity contribution is 5.87. The molecule has 7 nitrogen and oxygen atoms in total. The minimum Gasteiger partial charge on any atom is -0.423 e. The second-order valence-corrected chi connectivity index (χ2v) is 7.38. The molecule has 1 aliphatic rings. The number of carbonyl (C=O) groups is 1. The Kier molecular flexibility index (Phi) is 5.00. The standard InChI is InChI=1S/C21H22N2O5/c1-12-3-4-17-14(9-21(25)27-19(17)5-12)8-20(24)22-18-11-26-10-15(18)7-16-6-13(2)23-28-16/h3-6,9,15,18H,7-8,10-11H2,1-2H3,(H,22,24)/t15-,18+/m1/s1. The molecule has 0 aliphatic carbocycles. The Morgan fingerprint density at radius 3 is 2.86 bits per heavy atom. The Morgan fingerprint density at radius 2 is 2.07 bits per heavy atom. The fourth-order valence-electron chi connectivity index (χ4n) is 3.64. The van der Waals surface area contributed by atoms with Crippen molar-refractivity contribution in [2.24, 2.45) is 5.92 Å². The number of nitrogens with zero attached hydrogens (tertiary/aromatic N) is 1. The quantitative estimate of drug-likeness (QED) is 0.681. The summed E-state index contributed by atoms with van der Waals surface area (Å²) < 4.78 is 16.1. The second kappa shape index (κ2) is 7.59. The molecular formula is C21H22N2O5. The molecular weight excluding hydrogens is 360 g/mol. The van der Waals surface area contributed by atoms with Gasteiger partial charge in [0.1, 0.15) is 11.3 Å². The van der Waals surface area contributed by atoms with Gasteiger partial charge >= 0.3 is 5.63 Å². The van der Waals surface area contributed by atoms with Crippen molar-refractivity contribution in [2.75, 3.05) is 13.2 Å². The largest absolute Gasteiger partial charge is 0.423 e.